The fraction of sp³-hybridized carbons (Fsp3) is 0. The van der Waals surface area contributed by atoms with Crippen LogP contribution in [-0.4, -0.2) is 9.55 Å². The summed E-state index contributed by atoms with van der Waals surface area (Å²) in [4.78, 5) is 5.12. The van der Waals surface area contributed by atoms with Crippen molar-refractivity contribution in [3.8, 4) is 61.6 Å². The zero-order chi connectivity index (χ0) is 43.0. The Morgan fingerprint density at radius 2 is 0.945 bits per heavy atom. The van der Waals surface area contributed by atoms with Crippen LogP contribution in [0.5, 0.6) is 0 Å². The van der Waals surface area contributed by atoms with Crippen molar-refractivity contribution in [2.45, 2.75) is 0 Å². The van der Waals surface area contributed by atoms with E-state index in [-0.39, 0.29) is 45.7 Å². The second-order valence-electron chi connectivity index (χ2n) is 14.0. The molecule has 0 amide bonds. The molecule has 0 unspecified atom stereocenters. The van der Waals surface area contributed by atoms with E-state index in [4.69, 9.17) is 10.5 Å². The van der Waals surface area contributed by atoms with Gasteiger partial charge in [-0.1, -0.05) is 176 Å². The molecule has 0 fully saturated rings. The Hall–Kier alpha value is -7.29. The summed E-state index contributed by atoms with van der Waals surface area (Å²) in [5, 5.41) is 4.67. The predicted octanol–water partition coefficient (Wildman–Crippen LogP) is 14.3. The van der Waals surface area contributed by atoms with Crippen LogP contribution in [0, 0.1) is 0 Å². The summed E-state index contributed by atoms with van der Waals surface area (Å²) in [6, 6.07) is 45.2. The number of aromatic nitrogens is 2. The first-order chi connectivity index (χ1) is 30.6. The largest absolute Gasteiger partial charge is 0.292 e. The normalized spacial score (nSPS) is 14.0. The number of rotatable bonds is 4. The minimum atomic E-state index is -0.434. The van der Waals surface area contributed by atoms with Gasteiger partial charge in [0.05, 0.1) is 27.7 Å². The van der Waals surface area contributed by atoms with E-state index >= 15 is 0 Å². The van der Waals surface area contributed by atoms with E-state index in [1.807, 2.05) is 103 Å². The van der Waals surface area contributed by atoms with E-state index < -0.39 is 24.2 Å². The van der Waals surface area contributed by atoms with Gasteiger partial charge in [-0.05, 0) is 100 Å². The fourth-order valence-corrected chi connectivity index (χ4v) is 8.86. The highest BCUT2D eigenvalue weighted by Crippen LogP contribution is 2.51. The van der Waals surface area contributed by atoms with Gasteiger partial charge in [-0.15, -0.1) is 0 Å². The van der Waals surface area contributed by atoms with Gasteiger partial charge in [0.15, 0.2) is 0 Å². The number of nitrogens with zero attached hydrogens (tertiary/aromatic N) is 2. The molecule has 1 heterocycles. The Kier molecular flexibility index (Phi) is 4.93. The summed E-state index contributed by atoms with van der Waals surface area (Å²) < 4.78 is 76.2. The molecule has 0 N–H and O–H groups in total. The highest BCUT2D eigenvalue weighted by molar-refractivity contribution is 6.26. The molecule has 254 valence electrons. The van der Waals surface area contributed by atoms with Crippen molar-refractivity contribution >= 4 is 54.1 Å². The monoisotopic (exact) mass is 704 g/mol. The van der Waals surface area contributed by atoms with Gasteiger partial charge in [0.25, 0.3) is 0 Å². The number of para-hydroxylation sites is 2. The maximum atomic E-state index is 9.55. The van der Waals surface area contributed by atoms with Crippen LogP contribution in [0.3, 0.4) is 0 Å². The summed E-state index contributed by atoms with van der Waals surface area (Å²) in [6.07, 6.45) is 0. The molecule has 1 aliphatic rings. The van der Waals surface area contributed by atoms with Gasteiger partial charge in [-0.3, -0.25) is 4.57 Å². The summed E-state index contributed by atoms with van der Waals surface area (Å²) >= 11 is 0. The maximum absolute atomic E-state index is 9.55. The third kappa shape index (κ3) is 4.34. The van der Waals surface area contributed by atoms with Crippen molar-refractivity contribution in [3.63, 3.8) is 0 Å². The van der Waals surface area contributed by atoms with E-state index in [9.17, 15) is 5.48 Å². The molecule has 1 aromatic heterocycles. The third-order valence-corrected chi connectivity index (χ3v) is 11.2. The Morgan fingerprint density at radius 3 is 1.71 bits per heavy atom. The van der Waals surface area contributed by atoms with E-state index in [1.54, 1.807) is 0 Å². The van der Waals surface area contributed by atoms with Crippen LogP contribution in [0.4, 0.5) is 0 Å². The van der Waals surface area contributed by atoms with Crippen LogP contribution in [0.15, 0.2) is 194 Å². The molecule has 0 saturated heterocycles. The molecule has 0 saturated carbocycles. The molecular weight excluding hydrogens is 665 g/mol. The fourth-order valence-electron chi connectivity index (χ4n) is 8.86. The van der Waals surface area contributed by atoms with Crippen LogP contribution in [0.25, 0.3) is 116 Å². The van der Waals surface area contributed by atoms with Gasteiger partial charge < -0.3 is 0 Å². The van der Waals surface area contributed by atoms with Crippen molar-refractivity contribution < 1.29 is 11.0 Å². The molecule has 12 rings (SSSR count). The van der Waals surface area contributed by atoms with Crippen LogP contribution in [-0.2, 0) is 0 Å². The standard InChI is InChI=1S/C53H32N2/c1-2-15-36-33(13-1)14-11-26-48(36)55-49-25-10-9-24-47(49)54-53(55)35-29-27-34(28-30-35)50-40-18-5-7-20-42(40)52(43-21-8-6-19-41(43)50)46-32-31-45-38-17-4-3-16-37(38)39-22-12-23-44(46)51(39)45/h1-32H/i5D,6D,7D,8D,18D,19D,20D,21D. The van der Waals surface area contributed by atoms with Crippen LogP contribution in [0.1, 0.15) is 11.0 Å². The lowest BCUT2D eigenvalue weighted by Gasteiger charge is -2.19. The molecule has 2 nitrogen and oxygen atoms in total. The molecule has 1 aliphatic carbocycles. The smallest absolute Gasteiger partial charge is 0.145 e. The van der Waals surface area contributed by atoms with Crippen molar-refractivity contribution in [3.05, 3.63) is 194 Å². The zero-order valence-electron chi connectivity index (χ0n) is 37.3. The lowest BCUT2D eigenvalue weighted by molar-refractivity contribution is 1.11. The van der Waals surface area contributed by atoms with Crippen LogP contribution >= 0.6 is 0 Å². The lowest BCUT2D eigenvalue weighted by atomic mass is 9.84. The number of imidazole rings is 1. The Bertz CT molecular complexity index is 3720. The maximum Gasteiger partial charge on any atom is 0.145 e. The SMILES string of the molecule is [2H]c1c([2H])c([2H])c2c(-c3ccc4c5c(cccc35)-c3ccccc3-4)c3c([2H])c([2H])c([2H])c([2H])c3c(-c3ccc(-c4nc5ccccc5n4-c4cccc5ccccc45)cc3)c2c1[2H]. The van der Waals surface area contributed by atoms with E-state index in [2.05, 4.69) is 47.0 Å². The van der Waals surface area contributed by atoms with Gasteiger partial charge in [0.2, 0.25) is 0 Å². The molecule has 11 aromatic rings. The molecule has 2 heteroatoms. The Morgan fingerprint density at radius 1 is 0.400 bits per heavy atom. The predicted molar refractivity (Wildman–Crippen MR) is 232 cm³/mol. The lowest BCUT2D eigenvalue weighted by Crippen LogP contribution is -1.98. The molecule has 0 spiro atoms. The molecule has 0 aliphatic heterocycles. The average Bonchev–Trinajstić information content (AvgIpc) is 3.87. The summed E-state index contributed by atoms with van der Waals surface area (Å²) in [5.74, 6) is 0.696. The van der Waals surface area contributed by atoms with Crippen LogP contribution < -0.4 is 0 Å². The van der Waals surface area contributed by atoms with Gasteiger partial charge in [0, 0.05) is 10.9 Å². The molecule has 0 radical (unpaired) electrons. The second-order valence-corrected chi connectivity index (χ2v) is 14.0. The number of hydrogen-bond acceptors (Lipinski definition) is 1. The highest BCUT2D eigenvalue weighted by atomic mass is 15.1. The summed E-state index contributed by atoms with van der Waals surface area (Å²) in [7, 11) is 0. The van der Waals surface area contributed by atoms with E-state index in [1.165, 1.54) is 0 Å². The number of benzene rings is 10. The quantitative estimate of drug-likeness (QED) is 0.167. The molecule has 55 heavy (non-hydrogen) atoms. The Balaban J connectivity index is 1.17. The van der Waals surface area contributed by atoms with Crippen molar-refractivity contribution in [2.75, 3.05) is 0 Å². The number of hydrogen-bond donors (Lipinski definition) is 0. The first kappa shape index (κ1) is 23.4. The molecule has 0 atom stereocenters. The average molecular weight is 705 g/mol. The van der Waals surface area contributed by atoms with E-state index in [0.717, 1.165) is 66.1 Å². The van der Waals surface area contributed by atoms with Gasteiger partial charge in [-0.25, -0.2) is 4.98 Å². The van der Waals surface area contributed by atoms with E-state index in [0.29, 0.717) is 28.1 Å². The first-order valence-electron chi connectivity index (χ1n) is 22.3. The second kappa shape index (κ2) is 11.6. The molecule has 0 bridgehead atoms. The first-order valence-corrected chi connectivity index (χ1v) is 18.3. The van der Waals surface area contributed by atoms with Gasteiger partial charge in [-0.2, -0.15) is 0 Å². The topological polar surface area (TPSA) is 17.8 Å². The van der Waals surface area contributed by atoms with Gasteiger partial charge in [0.1, 0.15) is 5.82 Å². The van der Waals surface area contributed by atoms with Crippen molar-refractivity contribution in [2.24, 2.45) is 0 Å². The Labute approximate surface area is 329 Å². The highest BCUT2D eigenvalue weighted by Gasteiger charge is 2.25. The molecule has 10 aromatic carbocycles. The number of fused-ring (bicyclic) bond motifs is 7. The third-order valence-electron chi connectivity index (χ3n) is 11.2. The van der Waals surface area contributed by atoms with Crippen LogP contribution in [0.2, 0.25) is 0 Å². The minimum Gasteiger partial charge on any atom is -0.292 e. The summed E-state index contributed by atoms with van der Waals surface area (Å²) in [5.41, 5.74) is 9.50. The molecular formula is C53H32N2. The summed E-state index contributed by atoms with van der Waals surface area (Å²) in [6.45, 7) is 0. The minimum absolute atomic E-state index is 0.177. The van der Waals surface area contributed by atoms with Gasteiger partial charge >= 0.3 is 0 Å². The van der Waals surface area contributed by atoms with Crippen molar-refractivity contribution in [1.29, 1.82) is 0 Å². The zero-order valence-corrected chi connectivity index (χ0v) is 29.3. The van der Waals surface area contributed by atoms with Crippen molar-refractivity contribution in [1.82, 2.24) is 9.55 Å².